The fourth-order valence-corrected chi connectivity index (χ4v) is 2.17. The molecule has 7 heteroatoms. The van der Waals surface area contributed by atoms with Gasteiger partial charge in [-0.25, -0.2) is 4.68 Å². The van der Waals surface area contributed by atoms with Gasteiger partial charge in [0.1, 0.15) is 5.03 Å². The number of carboxylic acid groups (broad SMARTS) is 1. The largest absolute Gasteiger partial charge is 0.481 e. The average Bonchev–Trinajstić information content (AvgIpc) is 2.69. The fourth-order valence-electron chi connectivity index (χ4n) is 1.38. The Morgan fingerprint density at radius 1 is 1.33 bits per heavy atom. The molecular formula is C11H12N4O2S. The van der Waals surface area contributed by atoms with Gasteiger partial charge < -0.3 is 5.11 Å². The van der Waals surface area contributed by atoms with Crippen LogP contribution in [0, 0.1) is 13.8 Å². The molecule has 0 aliphatic heterocycles. The molecule has 2 heterocycles. The Kier molecular flexibility index (Phi) is 3.61. The highest BCUT2D eigenvalue weighted by Crippen LogP contribution is 2.21. The van der Waals surface area contributed by atoms with Gasteiger partial charge in [-0.3, -0.25) is 4.79 Å². The summed E-state index contributed by atoms with van der Waals surface area (Å²) in [7, 11) is 0. The van der Waals surface area contributed by atoms with E-state index in [9.17, 15) is 4.79 Å². The summed E-state index contributed by atoms with van der Waals surface area (Å²) in [5.41, 5.74) is 1.63. The molecule has 0 spiro atoms. The molecular weight excluding hydrogens is 252 g/mol. The van der Waals surface area contributed by atoms with Crippen LogP contribution in [0.25, 0.3) is 5.82 Å². The maximum Gasteiger partial charge on any atom is 0.313 e. The van der Waals surface area contributed by atoms with Crippen molar-refractivity contribution in [2.75, 3.05) is 5.75 Å². The van der Waals surface area contributed by atoms with Crippen molar-refractivity contribution in [2.45, 2.75) is 18.9 Å². The molecule has 0 aliphatic rings. The van der Waals surface area contributed by atoms with Crippen LogP contribution in [0.4, 0.5) is 0 Å². The lowest BCUT2D eigenvalue weighted by Crippen LogP contribution is -2.05. The van der Waals surface area contributed by atoms with E-state index in [4.69, 9.17) is 5.11 Å². The molecule has 0 aliphatic carbocycles. The van der Waals surface area contributed by atoms with E-state index in [1.54, 1.807) is 10.7 Å². The molecule has 0 aromatic carbocycles. The molecule has 94 valence electrons. The Hall–Kier alpha value is -1.89. The number of hydrogen-bond acceptors (Lipinski definition) is 5. The summed E-state index contributed by atoms with van der Waals surface area (Å²) in [6.07, 6.45) is 0. The van der Waals surface area contributed by atoms with Crippen molar-refractivity contribution in [1.29, 1.82) is 0 Å². The first-order chi connectivity index (χ1) is 8.56. The van der Waals surface area contributed by atoms with E-state index in [0.717, 1.165) is 16.4 Å². The van der Waals surface area contributed by atoms with Gasteiger partial charge in [-0.15, -0.1) is 5.10 Å². The van der Waals surface area contributed by atoms with Crippen molar-refractivity contribution in [2.24, 2.45) is 0 Å². The maximum atomic E-state index is 10.6. The van der Waals surface area contributed by atoms with E-state index in [-0.39, 0.29) is 5.75 Å². The van der Waals surface area contributed by atoms with Crippen molar-refractivity contribution < 1.29 is 9.90 Å². The Morgan fingerprint density at radius 2 is 2.11 bits per heavy atom. The second-order valence-electron chi connectivity index (χ2n) is 3.75. The minimum absolute atomic E-state index is 0.00950. The molecule has 2 rings (SSSR count). The summed E-state index contributed by atoms with van der Waals surface area (Å²) in [4.78, 5) is 10.6. The van der Waals surface area contributed by atoms with E-state index in [2.05, 4.69) is 15.3 Å². The van der Waals surface area contributed by atoms with Crippen LogP contribution in [0.15, 0.2) is 23.2 Å². The average molecular weight is 264 g/mol. The number of aromatic nitrogens is 4. The van der Waals surface area contributed by atoms with Crippen LogP contribution in [0.2, 0.25) is 0 Å². The highest BCUT2D eigenvalue weighted by atomic mass is 32.2. The van der Waals surface area contributed by atoms with Crippen LogP contribution >= 0.6 is 11.8 Å². The Morgan fingerprint density at radius 3 is 2.72 bits per heavy atom. The molecule has 0 atom stereocenters. The van der Waals surface area contributed by atoms with Gasteiger partial charge in [-0.2, -0.15) is 10.2 Å². The zero-order chi connectivity index (χ0) is 13.1. The lowest BCUT2D eigenvalue weighted by Gasteiger charge is -2.04. The standard InChI is InChI=1S/C11H12N4O2S/c1-7-3-4-9(13-12-7)15-10(5-8(2)14-15)18-6-11(16)17/h3-5H,6H2,1-2H3,(H,16,17). The van der Waals surface area contributed by atoms with E-state index in [1.807, 2.05) is 26.0 Å². The number of nitrogens with zero attached hydrogens (tertiary/aromatic N) is 4. The lowest BCUT2D eigenvalue weighted by atomic mass is 10.4. The first-order valence-electron chi connectivity index (χ1n) is 5.28. The molecule has 0 radical (unpaired) electrons. The maximum absolute atomic E-state index is 10.6. The third kappa shape index (κ3) is 2.86. The predicted octanol–water partition coefficient (Wildman–Crippen LogP) is 1.46. The first kappa shape index (κ1) is 12.6. The van der Waals surface area contributed by atoms with Gasteiger partial charge in [0.25, 0.3) is 0 Å². The topological polar surface area (TPSA) is 80.9 Å². The number of carbonyl (C=O) groups is 1. The number of thioether (sulfide) groups is 1. The van der Waals surface area contributed by atoms with Crippen LogP contribution in [0.5, 0.6) is 0 Å². The van der Waals surface area contributed by atoms with Gasteiger partial charge in [0.05, 0.1) is 17.1 Å². The van der Waals surface area contributed by atoms with E-state index < -0.39 is 5.97 Å². The molecule has 0 unspecified atom stereocenters. The highest BCUT2D eigenvalue weighted by Gasteiger charge is 2.11. The van der Waals surface area contributed by atoms with Crippen LogP contribution in [0.3, 0.4) is 0 Å². The van der Waals surface area contributed by atoms with E-state index >= 15 is 0 Å². The van der Waals surface area contributed by atoms with Gasteiger partial charge in [-0.1, -0.05) is 11.8 Å². The monoisotopic (exact) mass is 264 g/mol. The number of rotatable bonds is 4. The van der Waals surface area contributed by atoms with Crippen LogP contribution in [-0.2, 0) is 4.79 Å². The van der Waals surface area contributed by atoms with Crippen molar-refractivity contribution in [3.63, 3.8) is 0 Å². The number of carboxylic acids is 1. The smallest absolute Gasteiger partial charge is 0.313 e. The van der Waals surface area contributed by atoms with Crippen molar-refractivity contribution in [1.82, 2.24) is 20.0 Å². The van der Waals surface area contributed by atoms with Gasteiger partial charge in [0, 0.05) is 0 Å². The Bertz CT molecular complexity index is 565. The fraction of sp³-hybridized carbons (Fsp3) is 0.273. The zero-order valence-corrected chi connectivity index (χ0v) is 10.8. The number of aliphatic carboxylic acids is 1. The van der Waals surface area contributed by atoms with Gasteiger partial charge >= 0.3 is 5.97 Å². The quantitative estimate of drug-likeness (QED) is 0.842. The van der Waals surface area contributed by atoms with Gasteiger partial charge in [0.2, 0.25) is 0 Å². The zero-order valence-electron chi connectivity index (χ0n) is 9.99. The third-order valence-electron chi connectivity index (χ3n) is 2.14. The van der Waals surface area contributed by atoms with Crippen molar-refractivity contribution >= 4 is 17.7 Å². The Balaban J connectivity index is 2.31. The molecule has 0 saturated carbocycles. The SMILES string of the molecule is Cc1ccc(-n2nc(C)cc2SCC(=O)O)nn1. The van der Waals surface area contributed by atoms with E-state index in [0.29, 0.717) is 5.82 Å². The molecule has 18 heavy (non-hydrogen) atoms. The van der Waals surface area contributed by atoms with Crippen LogP contribution in [-0.4, -0.2) is 36.8 Å². The predicted molar refractivity (Wildman–Crippen MR) is 67.0 cm³/mol. The third-order valence-corrected chi connectivity index (χ3v) is 3.12. The normalized spacial score (nSPS) is 10.6. The van der Waals surface area contributed by atoms with Crippen molar-refractivity contribution in [3.05, 3.63) is 29.6 Å². The molecule has 2 aromatic heterocycles. The van der Waals surface area contributed by atoms with Crippen LogP contribution < -0.4 is 0 Å². The second kappa shape index (κ2) is 5.18. The second-order valence-corrected chi connectivity index (χ2v) is 4.75. The Labute approximate surface area is 108 Å². The molecule has 6 nitrogen and oxygen atoms in total. The minimum atomic E-state index is -0.861. The number of hydrogen-bond donors (Lipinski definition) is 1. The molecule has 0 saturated heterocycles. The number of aryl methyl sites for hydroxylation is 2. The summed E-state index contributed by atoms with van der Waals surface area (Å²) in [6, 6.07) is 5.47. The minimum Gasteiger partial charge on any atom is -0.481 e. The van der Waals surface area contributed by atoms with E-state index in [1.165, 1.54) is 11.8 Å². The summed E-state index contributed by atoms with van der Waals surface area (Å²) in [5.74, 6) is -0.285. The van der Waals surface area contributed by atoms with Gasteiger partial charge in [-0.05, 0) is 32.0 Å². The molecule has 0 bridgehead atoms. The molecule has 2 aromatic rings. The first-order valence-corrected chi connectivity index (χ1v) is 6.27. The summed E-state index contributed by atoms with van der Waals surface area (Å²) in [6.45, 7) is 3.70. The molecule has 0 amide bonds. The summed E-state index contributed by atoms with van der Waals surface area (Å²) < 4.78 is 1.61. The van der Waals surface area contributed by atoms with Crippen molar-refractivity contribution in [3.8, 4) is 5.82 Å². The summed E-state index contributed by atoms with van der Waals surface area (Å²) in [5, 5.41) is 21.7. The molecule has 0 fully saturated rings. The lowest BCUT2D eigenvalue weighted by molar-refractivity contribution is -0.133. The summed E-state index contributed by atoms with van der Waals surface area (Å²) >= 11 is 1.21. The molecule has 1 N–H and O–H groups in total. The van der Waals surface area contributed by atoms with Gasteiger partial charge in [0.15, 0.2) is 5.82 Å². The van der Waals surface area contributed by atoms with Crippen LogP contribution in [0.1, 0.15) is 11.4 Å². The highest BCUT2D eigenvalue weighted by molar-refractivity contribution is 7.99.